The lowest BCUT2D eigenvalue weighted by molar-refractivity contribution is -0.136. The number of hydrogen-bond donors (Lipinski definition) is 1. The molecular weight excluding hydrogens is 164 g/mol. The molecule has 0 aliphatic heterocycles. The van der Waals surface area contributed by atoms with Gasteiger partial charge >= 0.3 is 5.97 Å². The van der Waals surface area contributed by atoms with Crippen LogP contribution in [0.2, 0.25) is 0 Å². The van der Waals surface area contributed by atoms with E-state index >= 15 is 0 Å². The lowest BCUT2D eigenvalue weighted by atomic mass is 10.4. The molecule has 6 heteroatoms. The maximum atomic E-state index is 10.8. The first kappa shape index (κ1) is 10.4. The monoisotopic (exact) mass is 174 g/mol. The van der Waals surface area contributed by atoms with Gasteiger partial charge in [-0.05, 0) is 6.92 Å². The van der Waals surface area contributed by atoms with E-state index in [4.69, 9.17) is 5.73 Å². The van der Waals surface area contributed by atoms with Gasteiger partial charge in [-0.25, -0.2) is 4.79 Å². The Morgan fingerprint density at radius 3 is 2.42 bits per heavy atom. The SMILES string of the molecule is CCOC(=O)/C(=N\OC)C(N)=O. The van der Waals surface area contributed by atoms with E-state index in [0.29, 0.717) is 0 Å². The molecule has 0 rings (SSSR count). The van der Waals surface area contributed by atoms with Crippen LogP contribution in [0.5, 0.6) is 0 Å². The quantitative estimate of drug-likeness (QED) is 0.257. The summed E-state index contributed by atoms with van der Waals surface area (Å²) in [6, 6.07) is 0. The fourth-order valence-corrected chi connectivity index (χ4v) is 0.474. The fourth-order valence-electron chi connectivity index (χ4n) is 0.474. The molecule has 0 saturated carbocycles. The zero-order valence-corrected chi connectivity index (χ0v) is 6.86. The standard InChI is InChI=1S/C6H10N2O4/c1-3-12-6(10)4(5(7)9)8-11-2/h3H2,1-2H3,(H2,7,9)/b8-4-. The maximum Gasteiger partial charge on any atom is 0.366 e. The Hall–Kier alpha value is -1.59. The Balaban J connectivity index is 4.41. The van der Waals surface area contributed by atoms with E-state index in [1.165, 1.54) is 7.11 Å². The largest absolute Gasteiger partial charge is 0.461 e. The van der Waals surface area contributed by atoms with Crippen LogP contribution in [0.1, 0.15) is 6.92 Å². The predicted molar refractivity (Wildman–Crippen MR) is 40.3 cm³/mol. The first-order valence-electron chi connectivity index (χ1n) is 3.21. The smallest absolute Gasteiger partial charge is 0.366 e. The number of nitrogens with two attached hydrogens (primary N) is 1. The van der Waals surface area contributed by atoms with Crippen LogP contribution in [0.15, 0.2) is 5.16 Å². The molecule has 68 valence electrons. The van der Waals surface area contributed by atoms with Crippen molar-refractivity contribution in [1.82, 2.24) is 0 Å². The molecule has 0 aliphatic carbocycles. The van der Waals surface area contributed by atoms with E-state index in [1.54, 1.807) is 6.92 Å². The van der Waals surface area contributed by atoms with E-state index in [-0.39, 0.29) is 6.61 Å². The number of hydrogen-bond acceptors (Lipinski definition) is 5. The molecule has 1 amide bonds. The number of primary amides is 1. The molecule has 2 N–H and O–H groups in total. The molecule has 0 aliphatic rings. The summed E-state index contributed by atoms with van der Waals surface area (Å²) >= 11 is 0. The van der Waals surface area contributed by atoms with Crippen molar-refractivity contribution in [2.45, 2.75) is 6.92 Å². The Morgan fingerprint density at radius 2 is 2.08 bits per heavy atom. The lowest BCUT2D eigenvalue weighted by Gasteiger charge is -2.00. The second-order valence-corrected chi connectivity index (χ2v) is 1.71. The summed E-state index contributed by atoms with van der Waals surface area (Å²) in [4.78, 5) is 25.6. The fraction of sp³-hybridized carbons (Fsp3) is 0.500. The normalized spacial score (nSPS) is 10.7. The van der Waals surface area contributed by atoms with Gasteiger partial charge in [0.05, 0.1) is 6.61 Å². The summed E-state index contributed by atoms with van der Waals surface area (Å²) in [5.41, 5.74) is 4.26. The molecule has 0 aromatic carbocycles. The van der Waals surface area contributed by atoms with E-state index in [2.05, 4.69) is 14.7 Å². The van der Waals surface area contributed by atoms with E-state index in [9.17, 15) is 9.59 Å². The summed E-state index contributed by atoms with van der Waals surface area (Å²) < 4.78 is 4.47. The van der Waals surface area contributed by atoms with Crippen LogP contribution in [-0.4, -0.2) is 31.3 Å². The highest BCUT2D eigenvalue weighted by Gasteiger charge is 2.19. The average molecular weight is 174 g/mol. The van der Waals surface area contributed by atoms with Crippen molar-refractivity contribution in [2.75, 3.05) is 13.7 Å². The minimum atomic E-state index is -0.977. The number of rotatable bonds is 4. The predicted octanol–water partition coefficient (Wildman–Crippen LogP) is -0.963. The highest BCUT2D eigenvalue weighted by molar-refractivity contribution is 6.63. The minimum Gasteiger partial charge on any atom is -0.461 e. The molecule has 0 aromatic heterocycles. The number of carbonyl (C=O) groups excluding carboxylic acids is 2. The highest BCUT2D eigenvalue weighted by atomic mass is 16.6. The van der Waals surface area contributed by atoms with Crippen molar-refractivity contribution < 1.29 is 19.2 Å². The van der Waals surface area contributed by atoms with Gasteiger partial charge in [-0.1, -0.05) is 5.16 Å². The molecule has 0 unspecified atom stereocenters. The van der Waals surface area contributed by atoms with Crippen molar-refractivity contribution in [1.29, 1.82) is 0 Å². The van der Waals surface area contributed by atoms with E-state index < -0.39 is 17.6 Å². The molecule has 0 saturated heterocycles. The Labute approximate surface area is 69.3 Å². The molecule has 0 spiro atoms. The van der Waals surface area contributed by atoms with Gasteiger partial charge in [0, 0.05) is 0 Å². The summed E-state index contributed by atoms with van der Waals surface area (Å²) in [7, 11) is 1.20. The highest BCUT2D eigenvalue weighted by Crippen LogP contribution is 1.85. The third-order valence-corrected chi connectivity index (χ3v) is 0.885. The molecule has 0 fully saturated rings. The van der Waals surface area contributed by atoms with Crippen molar-refractivity contribution in [3.63, 3.8) is 0 Å². The second-order valence-electron chi connectivity index (χ2n) is 1.71. The zero-order valence-electron chi connectivity index (χ0n) is 6.86. The third-order valence-electron chi connectivity index (χ3n) is 0.885. The van der Waals surface area contributed by atoms with Crippen LogP contribution in [0.4, 0.5) is 0 Å². The lowest BCUT2D eigenvalue weighted by Crippen LogP contribution is -2.32. The topological polar surface area (TPSA) is 91.0 Å². The number of ether oxygens (including phenoxy) is 1. The Bertz CT molecular complexity index is 212. The Morgan fingerprint density at radius 1 is 1.50 bits per heavy atom. The van der Waals surface area contributed by atoms with Crippen molar-refractivity contribution in [2.24, 2.45) is 10.9 Å². The van der Waals surface area contributed by atoms with Crippen LogP contribution in [0.3, 0.4) is 0 Å². The molecule has 6 nitrogen and oxygen atoms in total. The number of esters is 1. The van der Waals surface area contributed by atoms with Gasteiger partial charge in [-0.2, -0.15) is 0 Å². The molecule has 0 heterocycles. The number of amides is 1. The first-order chi connectivity index (χ1) is 5.63. The average Bonchev–Trinajstić information content (AvgIpc) is 1.99. The third kappa shape index (κ3) is 3.00. The van der Waals surface area contributed by atoms with Crippen LogP contribution in [0, 0.1) is 0 Å². The van der Waals surface area contributed by atoms with Gasteiger partial charge in [0.25, 0.3) is 11.6 Å². The molecule has 0 aromatic rings. The Kier molecular flexibility index (Phi) is 4.43. The first-order valence-corrected chi connectivity index (χ1v) is 3.21. The summed E-state index contributed by atoms with van der Waals surface area (Å²) in [5.74, 6) is -1.86. The summed E-state index contributed by atoms with van der Waals surface area (Å²) in [6.07, 6.45) is 0. The number of oxime groups is 1. The van der Waals surface area contributed by atoms with Crippen molar-refractivity contribution in [3.05, 3.63) is 0 Å². The van der Waals surface area contributed by atoms with Gasteiger partial charge in [0.15, 0.2) is 0 Å². The van der Waals surface area contributed by atoms with Crippen LogP contribution >= 0.6 is 0 Å². The van der Waals surface area contributed by atoms with Gasteiger partial charge in [0.1, 0.15) is 7.11 Å². The van der Waals surface area contributed by atoms with Gasteiger partial charge in [0.2, 0.25) is 0 Å². The van der Waals surface area contributed by atoms with Gasteiger partial charge < -0.3 is 15.3 Å². The number of nitrogens with zero attached hydrogens (tertiary/aromatic N) is 1. The van der Waals surface area contributed by atoms with E-state index in [1.807, 2.05) is 0 Å². The molecule has 12 heavy (non-hydrogen) atoms. The van der Waals surface area contributed by atoms with Crippen molar-refractivity contribution >= 4 is 17.6 Å². The zero-order chi connectivity index (χ0) is 9.56. The summed E-state index contributed by atoms with van der Waals surface area (Å²) in [5, 5.41) is 3.11. The van der Waals surface area contributed by atoms with Crippen molar-refractivity contribution in [3.8, 4) is 0 Å². The maximum absolute atomic E-state index is 10.8. The number of carbonyl (C=O) groups is 2. The minimum absolute atomic E-state index is 0.148. The molecule has 0 bridgehead atoms. The van der Waals surface area contributed by atoms with Gasteiger partial charge in [-0.15, -0.1) is 0 Å². The van der Waals surface area contributed by atoms with Crippen LogP contribution < -0.4 is 5.73 Å². The second kappa shape index (κ2) is 5.11. The van der Waals surface area contributed by atoms with Gasteiger partial charge in [-0.3, -0.25) is 4.79 Å². The molecule has 0 radical (unpaired) electrons. The molecular formula is C6H10N2O4. The molecule has 0 atom stereocenters. The van der Waals surface area contributed by atoms with Crippen LogP contribution in [0.25, 0.3) is 0 Å². The van der Waals surface area contributed by atoms with Crippen LogP contribution in [-0.2, 0) is 19.2 Å². The summed E-state index contributed by atoms with van der Waals surface area (Å²) in [6.45, 7) is 1.75. The van der Waals surface area contributed by atoms with E-state index in [0.717, 1.165) is 0 Å².